The predicted molar refractivity (Wildman–Crippen MR) is 74.4 cm³/mol. The highest BCUT2D eigenvalue weighted by atomic mass is 19.4. The van der Waals surface area contributed by atoms with Crippen LogP contribution in [0.4, 0.5) is 13.2 Å². The summed E-state index contributed by atoms with van der Waals surface area (Å²) in [6.45, 7) is 1.75. The number of benzene rings is 1. The number of hydrogen-bond acceptors (Lipinski definition) is 1. The van der Waals surface area contributed by atoms with Gasteiger partial charge in [-0.3, -0.25) is 0 Å². The van der Waals surface area contributed by atoms with Crippen LogP contribution < -0.4 is 5.73 Å². The van der Waals surface area contributed by atoms with Crippen molar-refractivity contribution < 1.29 is 13.2 Å². The Hall–Kier alpha value is -1.03. The maximum atomic E-state index is 12.7. The molecule has 21 heavy (non-hydrogen) atoms. The fourth-order valence-corrected chi connectivity index (χ4v) is 5.31. The van der Waals surface area contributed by atoms with Crippen LogP contribution in [0.25, 0.3) is 0 Å². The van der Waals surface area contributed by atoms with Crippen LogP contribution in [0, 0.1) is 36.5 Å². The van der Waals surface area contributed by atoms with E-state index in [0.29, 0.717) is 11.5 Å². The first-order valence-corrected chi connectivity index (χ1v) is 7.81. The van der Waals surface area contributed by atoms with Gasteiger partial charge in [0.25, 0.3) is 0 Å². The lowest BCUT2D eigenvalue weighted by molar-refractivity contribution is -0.137. The summed E-state index contributed by atoms with van der Waals surface area (Å²) in [5.41, 5.74) is 7.42. The van der Waals surface area contributed by atoms with Gasteiger partial charge in [0.05, 0.1) is 5.56 Å². The van der Waals surface area contributed by atoms with Crippen LogP contribution in [0.15, 0.2) is 18.2 Å². The van der Waals surface area contributed by atoms with E-state index in [0.717, 1.165) is 29.2 Å². The van der Waals surface area contributed by atoms with Gasteiger partial charge < -0.3 is 5.73 Å². The number of alkyl halides is 3. The molecule has 0 aliphatic heterocycles. The molecule has 3 fully saturated rings. The van der Waals surface area contributed by atoms with E-state index in [1.807, 2.05) is 0 Å². The minimum Gasteiger partial charge on any atom is -0.324 e. The van der Waals surface area contributed by atoms with Crippen LogP contribution in [0.5, 0.6) is 0 Å². The van der Waals surface area contributed by atoms with Crippen LogP contribution in [0.1, 0.15) is 42.0 Å². The number of hydrogen-bond donors (Lipinski definition) is 1. The maximum Gasteiger partial charge on any atom is 0.416 e. The number of rotatable bonds is 2. The molecular formula is C17H20F3N. The minimum absolute atomic E-state index is 0.0920. The van der Waals surface area contributed by atoms with Crippen LogP contribution in [-0.2, 0) is 6.18 Å². The third kappa shape index (κ3) is 1.95. The lowest BCUT2D eigenvalue weighted by atomic mass is 9.90. The highest BCUT2D eigenvalue weighted by molar-refractivity contribution is 5.36. The van der Waals surface area contributed by atoms with E-state index in [2.05, 4.69) is 0 Å². The van der Waals surface area contributed by atoms with Crippen LogP contribution >= 0.6 is 0 Å². The number of nitrogens with two attached hydrogens (primary N) is 1. The van der Waals surface area contributed by atoms with Gasteiger partial charge in [0.2, 0.25) is 0 Å². The highest BCUT2D eigenvalue weighted by Crippen LogP contribution is 2.71. The molecule has 1 aromatic rings. The van der Waals surface area contributed by atoms with Gasteiger partial charge in [-0.15, -0.1) is 0 Å². The summed E-state index contributed by atoms with van der Waals surface area (Å²) in [7, 11) is 0. The molecule has 3 aliphatic rings. The summed E-state index contributed by atoms with van der Waals surface area (Å²) in [4.78, 5) is 0. The molecule has 3 saturated carbocycles. The molecule has 5 unspecified atom stereocenters. The van der Waals surface area contributed by atoms with E-state index in [4.69, 9.17) is 5.73 Å². The predicted octanol–water partition coefficient (Wildman–Crippen LogP) is 4.31. The Morgan fingerprint density at radius 2 is 1.76 bits per heavy atom. The molecule has 0 saturated heterocycles. The molecule has 2 N–H and O–H groups in total. The van der Waals surface area contributed by atoms with Crippen molar-refractivity contribution in [2.75, 3.05) is 0 Å². The van der Waals surface area contributed by atoms with E-state index >= 15 is 0 Å². The number of fused-ring (bicyclic) bond motifs is 5. The molecular weight excluding hydrogens is 275 g/mol. The van der Waals surface area contributed by atoms with Gasteiger partial charge >= 0.3 is 6.18 Å². The molecule has 0 amide bonds. The normalized spacial score (nSPS) is 38.4. The smallest absolute Gasteiger partial charge is 0.324 e. The Balaban J connectivity index is 1.57. The van der Waals surface area contributed by atoms with Crippen molar-refractivity contribution >= 4 is 0 Å². The van der Waals surface area contributed by atoms with Crippen molar-refractivity contribution in [3.63, 3.8) is 0 Å². The third-order valence-corrected chi connectivity index (χ3v) is 6.17. The van der Waals surface area contributed by atoms with Crippen molar-refractivity contribution in [3.05, 3.63) is 34.9 Å². The van der Waals surface area contributed by atoms with Crippen LogP contribution in [-0.4, -0.2) is 0 Å². The van der Waals surface area contributed by atoms with Gasteiger partial charge in [0.1, 0.15) is 0 Å². The quantitative estimate of drug-likeness (QED) is 0.864. The van der Waals surface area contributed by atoms with Gasteiger partial charge in [0.15, 0.2) is 0 Å². The zero-order valence-electron chi connectivity index (χ0n) is 12.0. The summed E-state index contributed by atoms with van der Waals surface area (Å²) < 4.78 is 38.2. The Morgan fingerprint density at radius 1 is 1.14 bits per heavy atom. The fraction of sp³-hybridized carbons (Fsp3) is 0.647. The first-order valence-electron chi connectivity index (χ1n) is 7.81. The van der Waals surface area contributed by atoms with Crippen molar-refractivity contribution in [2.24, 2.45) is 35.3 Å². The molecule has 0 aromatic heterocycles. The zero-order valence-corrected chi connectivity index (χ0v) is 12.0. The molecule has 5 atom stereocenters. The van der Waals surface area contributed by atoms with Crippen LogP contribution in [0.2, 0.25) is 0 Å². The Kier molecular flexibility index (Phi) is 2.76. The fourth-order valence-electron chi connectivity index (χ4n) is 5.31. The molecule has 1 aromatic carbocycles. The second-order valence-corrected chi connectivity index (χ2v) is 7.16. The molecule has 4 rings (SSSR count). The van der Waals surface area contributed by atoms with E-state index in [-0.39, 0.29) is 6.04 Å². The second kappa shape index (κ2) is 4.25. The number of halogens is 3. The standard InChI is InChI=1S/C17H20F3N/c1-8-6-11(17(18,19)20)4-5-12(8)16(21)15-13-9-2-3-10(7-9)14(13)15/h4-6,9-10,13-16H,2-3,7,21H2,1H3. The molecule has 3 aliphatic carbocycles. The molecule has 0 radical (unpaired) electrons. The molecule has 1 nitrogen and oxygen atoms in total. The van der Waals surface area contributed by atoms with Crippen molar-refractivity contribution in [1.29, 1.82) is 0 Å². The second-order valence-electron chi connectivity index (χ2n) is 7.16. The first-order chi connectivity index (χ1) is 9.88. The summed E-state index contributed by atoms with van der Waals surface area (Å²) in [5.74, 6) is 3.68. The van der Waals surface area contributed by atoms with Gasteiger partial charge in [-0.1, -0.05) is 6.07 Å². The third-order valence-electron chi connectivity index (χ3n) is 6.17. The first kappa shape index (κ1) is 13.6. The summed E-state index contributed by atoms with van der Waals surface area (Å²) in [6, 6.07) is 3.92. The largest absolute Gasteiger partial charge is 0.416 e. The van der Waals surface area contributed by atoms with E-state index in [9.17, 15) is 13.2 Å². The highest BCUT2D eigenvalue weighted by Gasteiger charge is 2.66. The summed E-state index contributed by atoms with van der Waals surface area (Å²) in [5, 5.41) is 0. The average Bonchev–Trinajstić information content (AvgIpc) is 2.85. The average molecular weight is 295 g/mol. The SMILES string of the molecule is Cc1cc(C(F)(F)F)ccc1C(N)C1C2C3CCC(C3)C21. The lowest BCUT2D eigenvalue weighted by Crippen LogP contribution is -2.19. The monoisotopic (exact) mass is 295 g/mol. The molecule has 114 valence electrons. The zero-order chi connectivity index (χ0) is 14.9. The van der Waals surface area contributed by atoms with Gasteiger partial charge in [-0.05, 0) is 79.0 Å². The lowest BCUT2D eigenvalue weighted by Gasteiger charge is -2.19. The minimum atomic E-state index is -4.28. The Morgan fingerprint density at radius 3 is 2.29 bits per heavy atom. The van der Waals surface area contributed by atoms with E-state index in [1.165, 1.54) is 31.4 Å². The molecule has 0 heterocycles. The van der Waals surface area contributed by atoms with Gasteiger partial charge in [0, 0.05) is 6.04 Å². The van der Waals surface area contributed by atoms with E-state index < -0.39 is 11.7 Å². The Bertz CT molecular complexity index is 564. The molecule has 2 bridgehead atoms. The summed E-state index contributed by atoms with van der Waals surface area (Å²) in [6.07, 6.45) is -0.241. The van der Waals surface area contributed by atoms with E-state index in [1.54, 1.807) is 13.0 Å². The topological polar surface area (TPSA) is 26.0 Å². The van der Waals surface area contributed by atoms with Crippen molar-refractivity contribution in [2.45, 2.75) is 38.4 Å². The molecule has 0 spiro atoms. The maximum absolute atomic E-state index is 12.7. The Labute approximate surface area is 122 Å². The summed E-state index contributed by atoms with van der Waals surface area (Å²) >= 11 is 0. The van der Waals surface area contributed by atoms with Crippen LogP contribution in [0.3, 0.4) is 0 Å². The van der Waals surface area contributed by atoms with Crippen molar-refractivity contribution in [3.8, 4) is 0 Å². The molecule has 4 heteroatoms. The number of aryl methyl sites for hydroxylation is 1. The van der Waals surface area contributed by atoms with Crippen molar-refractivity contribution in [1.82, 2.24) is 0 Å². The van der Waals surface area contributed by atoms with Gasteiger partial charge in [-0.25, -0.2) is 0 Å². The van der Waals surface area contributed by atoms with Gasteiger partial charge in [-0.2, -0.15) is 13.2 Å².